The predicted molar refractivity (Wildman–Crippen MR) is 72.7 cm³/mol. The van der Waals surface area contributed by atoms with Gasteiger partial charge in [-0.25, -0.2) is 4.79 Å². The molecule has 0 atom stereocenters. The summed E-state index contributed by atoms with van der Waals surface area (Å²) in [5, 5.41) is 0. The average Bonchev–Trinajstić information content (AvgIpc) is 3.19. The number of carbonyl (C=O) groups excluding carboxylic acids is 1. The molecule has 2 fully saturated rings. The summed E-state index contributed by atoms with van der Waals surface area (Å²) in [5.41, 5.74) is 0. The van der Waals surface area contributed by atoms with E-state index < -0.39 is 0 Å². The molecule has 2 aliphatic rings. The van der Waals surface area contributed by atoms with Gasteiger partial charge in [-0.1, -0.05) is 12.8 Å². The van der Waals surface area contributed by atoms with Crippen molar-refractivity contribution in [2.75, 3.05) is 13.1 Å². The van der Waals surface area contributed by atoms with E-state index in [1.165, 1.54) is 12.8 Å². The average molecular weight is 262 g/mol. The lowest BCUT2D eigenvalue weighted by molar-refractivity contribution is 0.144. The Morgan fingerprint density at radius 2 is 2.00 bits per heavy atom. The van der Waals surface area contributed by atoms with Crippen molar-refractivity contribution in [1.29, 1.82) is 0 Å². The number of likely N-dealkylation sites (tertiary alicyclic amines) is 1. The maximum absolute atomic E-state index is 12.7. The first-order chi connectivity index (χ1) is 9.34. The first-order valence-electron chi connectivity index (χ1n) is 7.42. The number of hydrogen-bond donors (Lipinski definition) is 0. The van der Waals surface area contributed by atoms with Crippen molar-refractivity contribution in [3.8, 4) is 0 Å². The molecule has 1 saturated heterocycles. The van der Waals surface area contributed by atoms with E-state index in [0.29, 0.717) is 12.6 Å². The highest BCUT2D eigenvalue weighted by Crippen LogP contribution is 2.30. The second kappa shape index (κ2) is 5.68. The highest BCUT2D eigenvalue weighted by molar-refractivity contribution is 5.75. The van der Waals surface area contributed by atoms with Crippen molar-refractivity contribution in [3.63, 3.8) is 0 Å². The van der Waals surface area contributed by atoms with Crippen LogP contribution in [0.3, 0.4) is 0 Å². The van der Waals surface area contributed by atoms with Crippen LogP contribution < -0.4 is 0 Å². The standard InChI is InChI=1S/C15H22N2O2/c18-15(16-9-3-1-2-4-10-16)17(13-7-8-13)12-14-6-5-11-19-14/h5-6,11,13H,1-4,7-10,12H2. The van der Waals surface area contributed by atoms with Crippen molar-refractivity contribution >= 4 is 6.03 Å². The zero-order chi connectivity index (χ0) is 13.1. The van der Waals surface area contributed by atoms with Crippen LogP contribution in [0.25, 0.3) is 0 Å². The lowest BCUT2D eigenvalue weighted by atomic mass is 10.2. The van der Waals surface area contributed by atoms with Gasteiger partial charge in [0.15, 0.2) is 0 Å². The summed E-state index contributed by atoms with van der Waals surface area (Å²) in [6, 6.07) is 4.48. The van der Waals surface area contributed by atoms with E-state index in [9.17, 15) is 4.79 Å². The fraction of sp³-hybridized carbons (Fsp3) is 0.667. The van der Waals surface area contributed by atoms with Crippen LogP contribution in [0.4, 0.5) is 4.79 Å². The summed E-state index contributed by atoms with van der Waals surface area (Å²) in [6.45, 7) is 2.45. The zero-order valence-electron chi connectivity index (χ0n) is 11.4. The molecule has 0 N–H and O–H groups in total. The lowest BCUT2D eigenvalue weighted by Gasteiger charge is -2.29. The van der Waals surface area contributed by atoms with E-state index in [-0.39, 0.29) is 6.03 Å². The maximum Gasteiger partial charge on any atom is 0.320 e. The van der Waals surface area contributed by atoms with Crippen molar-refractivity contribution in [2.45, 2.75) is 51.1 Å². The quantitative estimate of drug-likeness (QED) is 0.838. The topological polar surface area (TPSA) is 36.7 Å². The first-order valence-corrected chi connectivity index (χ1v) is 7.42. The molecule has 1 saturated carbocycles. The van der Waals surface area contributed by atoms with Gasteiger partial charge in [-0.05, 0) is 37.8 Å². The van der Waals surface area contributed by atoms with Gasteiger partial charge in [0.05, 0.1) is 12.8 Å². The third-order valence-electron chi connectivity index (χ3n) is 4.02. The number of carbonyl (C=O) groups is 1. The molecule has 0 aromatic carbocycles. The molecule has 4 heteroatoms. The normalized spacial score (nSPS) is 20.1. The van der Waals surface area contributed by atoms with Crippen LogP contribution in [0.5, 0.6) is 0 Å². The summed E-state index contributed by atoms with van der Waals surface area (Å²) >= 11 is 0. The van der Waals surface area contributed by atoms with Crippen molar-refractivity contribution in [2.24, 2.45) is 0 Å². The molecule has 1 aromatic rings. The summed E-state index contributed by atoms with van der Waals surface area (Å²) < 4.78 is 5.39. The molecule has 1 aromatic heterocycles. The van der Waals surface area contributed by atoms with Crippen molar-refractivity contribution in [3.05, 3.63) is 24.2 Å². The van der Waals surface area contributed by atoms with Gasteiger partial charge in [-0.3, -0.25) is 0 Å². The number of hydrogen-bond acceptors (Lipinski definition) is 2. The van der Waals surface area contributed by atoms with Crippen LogP contribution in [-0.2, 0) is 6.54 Å². The monoisotopic (exact) mass is 262 g/mol. The largest absolute Gasteiger partial charge is 0.467 e. The summed E-state index contributed by atoms with van der Waals surface area (Å²) in [7, 11) is 0. The van der Waals surface area contributed by atoms with Crippen LogP contribution in [0.15, 0.2) is 22.8 Å². The van der Waals surface area contributed by atoms with Gasteiger partial charge in [0.25, 0.3) is 0 Å². The number of urea groups is 1. The van der Waals surface area contributed by atoms with Gasteiger partial charge in [-0.15, -0.1) is 0 Å². The Morgan fingerprint density at radius 1 is 1.26 bits per heavy atom. The van der Waals surface area contributed by atoms with E-state index in [1.807, 2.05) is 21.9 Å². The number of rotatable bonds is 3. The molecule has 0 radical (unpaired) electrons. The number of nitrogens with zero attached hydrogens (tertiary/aromatic N) is 2. The van der Waals surface area contributed by atoms with E-state index in [4.69, 9.17) is 4.42 Å². The second-order valence-corrected chi connectivity index (χ2v) is 5.62. The Labute approximate surface area is 114 Å². The summed E-state index contributed by atoms with van der Waals surface area (Å²) in [4.78, 5) is 16.7. The van der Waals surface area contributed by atoms with Gasteiger partial charge in [-0.2, -0.15) is 0 Å². The third kappa shape index (κ3) is 3.11. The van der Waals surface area contributed by atoms with Crippen LogP contribution in [0, 0.1) is 0 Å². The molecular formula is C15H22N2O2. The molecule has 0 bridgehead atoms. The van der Waals surface area contributed by atoms with E-state index in [1.54, 1.807) is 6.26 Å². The Kier molecular flexibility index (Phi) is 3.76. The van der Waals surface area contributed by atoms with Crippen molar-refractivity contribution in [1.82, 2.24) is 9.80 Å². The molecule has 104 valence electrons. The molecule has 3 rings (SSSR count). The zero-order valence-corrected chi connectivity index (χ0v) is 11.4. The van der Waals surface area contributed by atoms with Gasteiger partial charge < -0.3 is 14.2 Å². The fourth-order valence-corrected chi connectivity index (χ4v) is 2.75. The molecule has 1 aliphatic carbocycles. The molecule has 2 amide bonds. The molecule has 0 unspecified atom stereocenters. The maximum atomic E-state index is 12.7. The van der Waals surface area contributed by atoms with Crippen LogP contribution in [0.1, 0.15) is 44.3 Å². The minimum Gasteiger partial charge on any atom is -0.467 e. The second-order valence-electron chi connectivity index (χ2n) is 5.62. The molecule has 2 heterocycles. The SMILES string of the molecule is O=C(N1CCCCCC1)N(Cc1ccco1)C1CC1. The van der Waals surface area contributed by atoms with Crippen LogP contribution >= 0.6 is 0 Å². The van der Waals surface area contributed by atoms with Gasteiger partial charge in [0.1, 0.15) is 5.76 Å². The molecule has 19 heavy (non-hydrogen) atoms. The molecule has 4 nitrogen and oxygen atoms in total. The van der Waals surface area contributed by atoms with E-state index in [0.717, 1.165) is 44.5 Å². The van der Waals surface area contributed by atoms with Gasteiger partial charge in [0.2, 0.25) is 0 Å². The van der Waals surface area contributed by atoms with Gasteiger partial charge >= 0.3 is 6.03 Å². The Bertz CT molecular complexity index is 404. The summed E-state index contributed by atoms with van der Waals surface area (Å²) in [6.07, 6.45) is 8.75. The summed E-state index contributed by atoms with van der Waals surface area (Å²) in [5.74, 6) is 0.884. The molecule has 1 aliphatic heterocycles. The minimum absolute atomic E-state index is 0.209. The number of furan rings is 1. The number of amides is 2. The molecule has 0 spiro atoms. The Balaban J connectivity index is 1.66. The van der Waals surface area contributed by atoms with Crippen molar-refractivity contribution < 1.29 is 9.21 Å². The Morgan fingerprint density at radius 3 is 2.58 bits per heavy atom. The highest BCUT2D eigenvalue weighted by Gasteiger charge is 2.35. The van der Waals surface area contributed by atoms with E-state index in [2.05, 4.69) is 0 Å². The van der Waals surface area contributed by atoms with Crippen LogP contribution in [-0.4, -0.2) is 35.0 Å². The first kappa shape index (κ1) is 12.6. The fourth-order valence-electron chi connectivity index (χ4n) is 2.75. The highest BCUT2D eigenvalue weighted by atomic mass is 16.3. The minimum atomic E-state index is 0.209. The molecular weight excluding hydrogens is 240 g/mol. The van der Waals surface area contributed by atoms with Crippen LogP contribution in [0.2, 0.25) is 0 Å². The van der Waals surface area contributed by atoms with E-state index >= 15 is 0 Å². The Hall–Kier alpha value is -1.45. The van der Waals surface area contributed by atoms with Gasteiger partial charge in [0, 0.05) is 19.1 Å². The third-order valence-corrected chi connectivity index (χ3v) is 4.02. The lowest BCUT2D eigenvalue weighted by Crippen LogP contribution is -2.44. The smallest absolute Gasteiger partial charge is 0.320 e. The predicted octanol–water partition coefficient (Wildman–Crippen LogP) is 3.24.